The summed E-state index contributed by atoms with van der Waals surface area (Å²) in [5, 5.41) is 1.61. The standard InChI is InChI=1S/C21H17F3N2O/c22-17-8-4-5-9-20(17)26-14-25(27-13-15-6-2-1-3-7-15)12-16-10-18(23)19(24)11-21(16)26/h1-11H,12-14H2. The van der Waals surface area contributed by atoms with Gasteiger partial charge in [0.2, 0.25) is 0 Å². The van der Waals surface area contributed by atoms with Gasteiger partial charge in [0.15, 0.2) is 11.6 Å². The van der Waals surface area contributed by atoms with E-state index in [1.54, 1.807) is 28.2 Å². The molecule has 138 valence electrons. The molecule has 0 atom stereocenters. The Morgan fingerprint density at radius 3 is 2.26 bits per heavy atom. The third-order valence-corrected chi connectivity index (χ3v) is 4.46. The molecule has 0 aromatic heterocycles. The summed E-state index contributed by atoms with van der Waals surface area (Å²) in [6.45, 7) is 0.779. The van der Waals surface area contributed by atoms with E-state index in [1.165, 1.54) is 6.07 Å². The lowest BCUT2D eigenvalue weighted by atomic mass is 10.1. The third kappa shape index (κ3) is 3.67. The lowest BCUT2D eigenvalue weighted by Crippen LogP contribution is -2.40. The molecule has 0 N–H and O–H groups in total. The Hall–Kier alpha value is -2.83. The van der Waals surface area contributed by atoms with Gasteiger partial charge in [0.1, 0.15) is 5.82 Å². The molecular formula is C21H17F3N2O. The van der Waals surface area contributed by atoms with Crippen LogP contribution in [-0.2, 0) is 18.0 Å². The van der Waals surface area contributed by atoms with Crippen molar-refractivity contribution < 1.29 is 18.0 Å². The van der Waals surface area contributed by atoms with Crippen LogP contribution in [-0.4, -0.2) is 11.7 Å². The average molecular weight is 370 g/mol. The van der Waals surface area contributed by atoms with E-state index >= 15 is 0 Å². The average Bonchev–Trinajstić information content (AvgIpc) is 2.68. The van der Waals surface area contributed by atoms with Gasteiger partial charge in [-0.1, -0.05) is 42.5 Å². The maximum Gasteiger partial charge on any atom is 0.160 e. The zero-order valence-corrected chi connectivity index (χ0v) is 14.4. The first kappa shape index (κ1) is 17.6. The Labute approximate surface area is 155 Å². The third-order valence-electron chi connectivity index (χ3n) is 4.46. The number of rotatable bonds is 4. The molecule has 0 spiro atoms. The van der Waals surface area contributed by atoms with Crippen molar-refractivity contribution in [2.24, 2.45) is 0 Å². The fourth-order valence-corrected chi connectivity index (χ4v) is 3.13. The maximum absolute atomic E-state index is 14.4. The van der Waals surface area contributed by atoms with Crippen molar-refractivity contribution in [1.29, 1.82) is 0 Å². The molecule has 0 aliphatic carbocycles. The van der Waals surface area contributed by atoms with Gasteiger partial charge in [-0.25, -0.2) is 13.2 Å². The molecule has 27 heavy (non-hydrogen) atoms. The summed E-state index contributed by atoms with van der Waals surface area (Å²) in [5.41, 5.74) is 2.21. The van der Waals surface area contributed by atoms with Gasteiger partial charge >= 0.3 is 0 Å². The molecule has 1 aliphatic heterocycles. The Morgan fingerprint density at radius 2 is 1.48 bits per heavy atom. The van der Waals surface area contributed by atoms with Crippen LogP contribution in [0.25, 0.3) is 0 Å². The van der Waals surface area contributed by atoms with Gasteiger partial charge in [-0.2, -0.15) is 5.06 Å². The normalized spacial score (nSPS) is 14.3. The first-order valence-electron chi connectivity index (χ1n) is 8.53. The summed E-state index contributed by atoms with van der Waals surface area (Å²) in [6.07, 6.45) is 0. The maximum atomic E-state index is 14.4. The van der Waals surface area contributed by atoms with Crippen molar-refractivity contribution in [3.05, 3.63) is 95.3 Å². The number of hydroxylamine groups is 2. The van der Waals surface area contributed by atoms with E-state index < -0.39 is 17.5 Å². The van der Waals surface area contributed by atoms with Gasteiger partial charge in [0.05, 0.1) is 31.2 Å². The molecule has 1 aliphatic rings. The number of anilines is 2. The van der Waals surface area contributed by atoms with E-state index in [0.29, 0.717) is 17.9 Å². The predicted octanol–water partition coefficient (Wildman–Crippen LogP) is 5.15. The van der Waals surface area contributed by atoms with E-state index in [-0.39, 0.29) is 18.9 Å². The minimum Gasteiger partial charge on any atom is -0.323 e. The van der Waals surface area contributed by atoms with Crippen molar-refractivity contribution in [1.82, 2.24) is 5.06 Å². The van der Waals surface area contributed by atoms with Crippen molar-refractivity contribution in [2.75, 3.05) is 11.6 Å². The van der Waals surface area contributed by atoms with Crippen LogP contribution in [0.15, 0.2) is 66.7 Å². The topological polar surface area (TPSA) is 15.7 Å². The van der Waals surface area contributed by atoms with Gasteiger partial charge in [-0.15, -0.1) is 0 Å². The molecule has 0 saturated heterocycles. The second-order valence-corrected chi connectivity index (χ2v) is 6.31. The van der Waals surface area contributed by atoms with Crippen LogP contribution < -0.4 is 4.90 Å². The molecule has 0 bridgehead atoms. The zero-order valence-electron chi connectivity index (χ0n) is 14.4. The summed E-state index contributed by atoms with van der Waals surface area (Å²) in [5.74, 6) is -2.35. The smallest absolute Gasteiger partial charge is 0.160 e. The Morgan fingerprint density at radius 1 is 0.778 bits per heavy atom. The monoisotopic (exact) mass is 370 g/mol. The van der Waals surface area contributed by atoms with Crippen molar-refractivity contribution in [3.63, 3.8) is 0 Å². The molecule has 3 nitrogen and oxygen atoms in total. The van der Waals surface area contributed by atoms with E-state index in [0.717, 1.165) is 17.7 Å². The molecule has 4 rings (SSSR count). The van der Waals surface area contributed by atoms with Crippen molar-refractivity contribution in [3.8, 4) is 0 Å². The molecule has 3 aromatic carbocycles. The molecule has 0 amide bonds. The first-order chi connectivity index (χ1) is 13.1. The highest BCUT2D eigenvalue weighted by Crippen LogP contribution is 2.36. The van der Waals surface area contributed by atoms with Gasteiger partial charge < -0.3 is 4.90 Å². The Bertz CT molecular complexity index is 949. The molecule has 1 heterocycles. The minimum absolute atomic E-state index is 0.186. The fourth-order valence-electron chi connectivity index (χ4n) is 3.13. The number of nitrogens with zero attached hydrogens (tertiary/aromatic N) is 2. The van der Waals surface area contributed by atoms with Crippen molar-refractivity contribution >= 4 is 11.4 Å². The largest absolute Gasteiger partial charge is 0.323 e. The Balaban J connectivity index is 1.65. The second kappa shape index (κ2) is 7.42. The predicted molar refractivity (Wildman–Crippen MR) is 96.5 cm³/mol. The minimum atomic E-state index is -0.964. The molecule has 0 unspecified atom stereocenters. The lowest BCUT2D eigenvalue weighted by molar-refractivity contribution is -0.178. The van der Waals surface area contributed by atoms with Crippen LogP contribution in [0.5, 0.6) is 0 Å². The summed E-state index contributed by atoms with van der Waals surface area (Å²) in [4.78, 5) is 7.43. The van der Waals surface area contributed by atoms with E-state index in [9.17, 15) is 13.2 Å². The second-order valence-electron chi connectivity index (χ2n) is 6.31. The number of hydrogen-bond donors (Lipinski definition) is 0. The summed E-state index contributed by atoms with van der Waals surface area (Å²) >= 11 is 0. The highest BCUT2D eigenvalue weighted by atomic mass is 19.2. The SMILES string of the molecule is Fc1cc2c(cc1F)N(c1ccccc1F)CN(OCc1ccccc1)C2. The van der Waals surface area contributed by atoms with E-state index in [1.807, 2.05) is 30.3 Å². The van der Waals surface area contributed by atoms with Gasteiger partial charge in [0.25, 0.3) is 0 Å². The van der Waals surface area contributed by atoms with Crippen molar-refractivity contribution in [2.45, 2.75) is 13.2 Å². The Kier molecular flexibility index (Phi) is 4.83. The van der Waals surface area contributed by atoms with Crippen LogP contribution in [0.4, 0.5) is 24.5 Å². The number of fused-ring (bicyclic) bond motifs is 1. The van der Waals surface area contributed by atoms with Crippen LogP contribution in [0.3, 0.4) is 0 Å². The first-order valence-corrected chi connectivity index (χ1v) is 8.53. The fraction of sp³-hybridized carbons (Fsp3) is 0.143. The lowest BCUT2D eigenvalue weighted by Gasteiger charge is -2.37. The number of para-hydroxylation sites is 1. The zero-order chi connectivity index (χ0) is 18.8. The highest BCUT2D eigenvalue weighted by Gasteiger charge is 2.27. The molecule has 6 heteroatoms. The summed E-state index contributed by atoms with van der Waals surface area (Å²) in [6, 6.07) is 18.0. The van der Waals surface area contributed by atoms with Gasteiger partial charge in [-0.3, -0.25) is 4.84 Å². The van der Waals surface area contributed by atoms with E-state index in [2.05, 4.69) is 0 Å². The van der Waals surface area contributed by atoms with E-state index in [4.69, 9.17) is 4.84 Å². The van der Waals surface area contributed by atoms with Gasteiger partial charge in [-0.05, 0) is 29.3 Å². The number of halogens is 3. The molecule has 3 aromatic rings. The summed E-state index contributed by atoms with van der Waals surface area (Å²) < 4.78 is 41.9. The van der Waals surface area contributed by atoms with Crippen LogP contribution in [0.1, 0.15) is 11.1 Å². The molecule has 0 radical (unpaired) electrons. The highest BCUT2D eigenvalue weighted by molar-refractivity contribution is 5.68. The quantitative estimate of drug-likeness (QED) is 0.632. The van der Waals surface area contributed by atoms with Crippen LogP contribution >= 0.6 is 0 Å². The molecule has 0 saturated carbocycles. The summed E-state index contributed by atoms with van der Waals surface area (Å²) in [7, 11) is 0. The molecular weight excluding hydrogens is 353 g/mol. The van der Waals surface area contributed by atoms with Crippen LogP contribution in [0.2, 0.25) is 0 Å². The molecule has 0 fully saturated rings. The number of hydrogen-bond acceptors (Lipinski definition) is 3. The van der Waals surface area contributed by atoms with Gasteiger partial charge in [0, 0.05) is 6.07 Å². The number of benzene rings is 3. The van der Waals surface area contributed by atoms with Crippen LogP contribution in [0, 0.1) is 17.5 Å².